The Hall–Kier alpha value is -0.0151. The van der Waals surface area contributed by atoms with Gasteiger partial charge in [0.25, 0.3) is 0 Å². The molecule has 0 aromatic rings. The zero-order chi connectivity index (χ0) is 10.8. The van der Waals surface area contributed by atoms with Gasteiger partial charge in [-0.25, -0.2) is 0 Å². The van der Waals surface area contributed by atoms with Crippen molar-refractivity contribution in [2.24, 2.45) is 17.6 Å². The minimum absolute atomic E-state index is 0.109. The van der Waals surface area contributed by atoms with Crippen molar-refractivity contribution < 1.29 is 4.74 Å². The van der Waals surface area contributed by atoms with Gasteiger partial charge in [0.2, 0.25) is 0 Å². The van der Waals surface area contributed by atoms with Gasteiger partial charge in [-0.2, -0.15) is 0 Å². The molecular weight excluding hydrogens is 173 g/mol. The normalized spacial score (nSPS) is 43.0. The highest BCUT2D eigenvalue weighted by atomic mass is 16.5. The molecule has 0 aromatic heterocycles. The SMILES string of the molecule is B[C@@H]1O[C@@](CC)(CCCN)[C@H](C)C1C. The molecule has 2 nitrogen and oxygen atoms in total. The lowest BCUT2D eigenvalue weighted by molar-refractivity contribution is -0.0415. The van der Waals surface area contributed by atoms with Crippen LogP contribution in [0.1, 0.15) is 40.0 Å². The second-order valence-electron chi connectivity index (χ2n) is 4.78. The zero-order valence-electron chi connectivity index (χ0n) is 10.0. The standard InChI is InChI=1S/C11H24BNO/c1-4-11(6-5-7-13)9(3)8(2)10(12)14-11/h8-10H,4-7,12-13H2,1-3H3/t8?,9-,10-,11+/m1/s1. The maximum atomic E-state index is 6.17. The van der Waals surface area contributed by atoms with Crippen LogP contribution in [0.25, 0.3) is 0 Å². The van der Waals surface area contributed by atoms with Crippen molar-refractivity contribution in [3.8, 4) is 0 Å². The lowest BCUT2D eigenvalue weighted by Crippen LogP contribution is -2.35. The molecule has 0 amide bonds. The van der Waals surface area contributed by atoms with Crippen LogP contribution in [0.2, 0.25) is 0 Å². The van der Waals surface area contributed by atoms with Crippen molar-refractivity contribution in [2.75, 3.05) is 6.54 Å². The highest BCUT2D eigenvalue weighted by molar-refractivity contribution is 6.11. The van der Waals surface area contributed by atoms with E-state index in [1.165, 1.54) is 0 Å². The predicted molar refractivity (Wildman–Crippen MR) is 63.1 cm³/mol. The lowest BCUT2D eigenvalue weighted by atomic mass is 9.75. The van der Waals surface area contributed by atoms with Crippen molar-refractivity contribution >= 4 is 7.85 Å². The van der Waals surface area contributed by atoms with Gasteiger partial charge in [-0.3, -0.25) is 0 Å². The molecule has 1 rings (SSSR count). The summed E-state index contributed by atoms with van der Waals surface area (Å²) < 4.78 is 6.17. The van der Waals surface area contributed by atoms with Crippen LogP contribution in [0.5, 0.6) is 0 Å². The van der Waals surface area contributed by atoms with Gasteiger partial charge in [0, 0.05) is 6.00 Å². The molecule has 2 N–H and O–H groups in total. The Morgan fingerprint density at radius 2 is 2.07 bits per heavy atom. The molecule has 0 spiro atoms. The number of rotatable bonds is 4. The maximum absolute atomic E-state index is 6.17. The van der Waals surface area contributed by atoms with E-state index in [1.54, 1.807) is 0 Å². The summed E-state index contributed by atoms with van der Waals surface area (Å²) in [6, 6.07) is 0.405. The molecule has 0 aliphatic carbocycles. The molecule has 0 saturated carbocycles. The molecule has 14 heavy (non-hydrogen) atoms. The fraction of sp³-hybridized carbons (Fsp3) is 1.00. The summed E-state index contributed by atoms with van der Waals surface area (Å²) in [5, 5.41) is 0. The van der Waals surface area contributed by atoms with Crippen LogP contribution in [-0.2, 0) is 4.74 Å². The summed E-state index contributed by atoms with van der Waals surface area (Å²) in [6.07, 6.45) is 3.32. The van der Waals surface area contributed by atoms with Crippen molar-refractivity contribution in [1.29, 1.82) is 0 Å². The van der Waals surface area contributed by atoms with Crippen LogP contribution >= 0.6 is 0 Å². The first-order valence-corrected chi connectivity index (χ1v) is 5.95. The van der Waals surface area contributed by atoms with E-state index in [1.807, 2.05) is 0 Å². The Morgan fingerprint density at radius 1 is 1.43 bits per heavy atom. The Labute approximate surface area is 89.0 Å². The van der Waals surface area contributed by atoms with Crippen LogP contribution < -0.4 is 5.73 Å². The number of nitrogens with two attached hydrogens (primary N) is 1. The van der Waals surface area contributed by atoms with Crippen LogP contribution in [0.4, 0.5) is 0 Å². The second-order valence-corrected chi connectivity index (χ2v) is 4.78. The van der Waals surface area contributed by atoms with Crippen LogP contribution in [0.3, 0.4) is 0 Å². The molecule has 1 heterocycles. The van der Waals surface area contributed by atoms with E-state index in [2.05, 4.69) is 28.6 Å². The molecule has 4 atom stereocenters. The Morgan fingerprint density at radius 3 is 2.43 bits per heavy atom. The molecule has 1 aliphatic heterocycles. The first-order valence-electron chi connectivity index (χ1n) is 5.95. The first-order chi connectivity index (χ1) is 6.57. The molecule has 1 aliphatic rings. The van der Waals surface area contributed by atoms with Gasteiger partial charge in [0.1, 0.15) is 7.85 Å². The topological polar surface area (TPSA) is 35.2 Å². The van der Waals surface area contributed by atoms with Gasteiger partial charge < -0.3 is 10.5 Å². The average Bonchev–Trinajstić information content (AvgIpc) is 2.41. The van der Waals surface area contributed by atoms with E-state index in [9.17, 15) is 0 Å². The maximum Gasteiger partial charge on any atom is 0.139 e. The van der Waals surface area contributed by atoms with Gasteiger partial charge in [0.05, 0.1) is 5.60 Å². The third-order valence-corrected chi connectivity index (χ3v) is 4.18. The van der Waals surface area contributed by atoms with Gasteiger partial charge >= 0.3 is 0 Å². The molecule has 0 bridgehead atoms. The van der Waals surface area contributed by atoms with Gasteiger partial charge in [-0.15, -0.1) is 0 Å². The second kappa shape index (κ2) is 4.67. The monoisotopic (exact) mass is 197 g/mol. The Bertz CT molecular complexity index is 188. The number of hydrogen-bond donors (Lipinski definition) is 1. The summed E-state index contributed by atoms with van der Waals surface area (Å²) in [7, 11) is 2.20. The summed E-state index contributed by atoms with van der Waals surface area (Å²) in [4.78, 5) is 0. The highest BCUT2D eigenvalue weighted by Crippen LogP contribution is 2.44. The summed E-state index contributed by atoms with van der Waals surface area (Å²) >= 11 is 0. The summed E-state index contributed by atoms with van der Waals surface area (Å²) in [6.45, 7) is 7.64. The molecule has 0 aromatic carbocycles. The summed E-state index contributed by atoms with van der Waals surface area (Å²) in [5.41, 5.74) is 5.69. The van der Waals surface area contributed by atoms with Crippen molar-refractivity contribution in [2.45, 2.75) is 51.6 Å². The third kappa shape index (κ3) is 1.99. The quantitative estimate of drug-likeness (QED) is 0.686. The van der Waals surface area contributed by atoms with E-state index in [0.29, 0.717) is 17.8 Å². The number of ether oxygens (including phenoxy) is 1. The van der Waals surface area contributed by atoms with Crippen LogP contribution in [0.15, 0.2) is 0 Å². The largest absolute Gasteiger partial charge is 0.380 e. The molecule has 3 heteroatoms. The van der Waals surface area contributed by atoms with E-state index in [0.717, 1.165) is 25.8 Å². The van der Waals surface area contributed by atoms with E-state index in [-0.39, 0.29) is 5.60 Å². The average molecular weight is 197 g/mol. The van der Waals surface area contributed by atoms with Crippen molar-refractivity contribution in [3.05, 3.63) is 0 Å². The predicted octanol–water partition coefficient (Wildman–Crippen LogP) is 1.14. The molecular formula is C11H24BNO. The van der Waals surface area contributed by atoms with Gasteiger partial charge in [-0.1, -0.05) is 20.8 Å². The minimum atomic E-state index is 0.109. The molecule has 1 unspecified atom stereocenters. The van der Waals surface area contributed by atoms with Crippen LogP contribution in [0, 0.1) is 11.8 Å². The third-order valence-electron chi connectivity index (χ3n) is 4.18. The van der Waals surface area contributed by atoms with E-state index >= 15 is 0 Å². The molecule has 82 valence electrons. The highest BCUT2D eigenvalue weighted by Gasteiger charge is 2.46. The minimum Gasteiger partial charge on any atom is -0.380 e. The molecule has 0 radical (unpaired) electrons. The first kappa shape index (κ1) is 12.1. The lowest BCUT2D eigenvalue weighted by Gasteiger charge is -2.32. The zero-order valence-corrected chi connectivity index (χ0v) is 10.0. The van der Waals surface area contributed by atoms with E-state index in [4.69, 9.17) is 10.5 Å². The summed E-state index contributed by atoms with van der Waals surface area (Å²) in [5.74, 6) is 1.33. The smallest absolute Gasteiger partial charge is 0.139 e. The fourth-order valence-electron chi connectivity index (χ4n) is 2.74. The Kier molecular flexibility index (Phi) is 4.02. The number of hydrogen-bond acceptors (Lipinski definition) is 2. The Balaban J connectivity index is 2.69. The van der Waals surface area contributed by atoms with Gasteiger partial charge in [0.15, 0.2) is 0 Å². The molecule has 1 saturated heterocycles. The van der Waals surface area contributed by atoms with E-state index < -0.39 is 0 Å². The molecule has 1 fully saturated rings. The van der Waals surface area contributed by atoms with Gasteiger partial charge in [-0.05, 0) is 37.6 Å². The van der Waals surface area contributed by atoms with Crippen molar-refractivity contribution in [1.82, 2.24) is 0 Å². The van der Waals surface area contributed by atoms with Crippen molar-refractivity contribution in [3.63, 3.8) is 0 Å². The fourth-order valence-corrected chi connectivity index (χ4v) is 2.74. The van der Waals surface area contributed by atoms with Crippen LogP contribution in [-0.4, -0.2) is 26.0 Å².